The fraction of sp³-hybridized carbons (Fsp3) is 0.800. The Morgan fingerprint density at radius 3 is 2.48 bits per heavy atom. The second-order valence-corrected chi connectivity index (χ2v) is 13.8. The summed E-state index contributed by atoms with van der Waals surface area (Å²) in [5, 5.41) is 9.77. The van der Waals surface area contributed by atoms with E-state index in [0.29, 0.717) is 25.9 Å². The quantitative estimate of drug-likeness (QED) is 0.375. The summed E-state index contributed by atoms with van der Waals surface area (Å²) in [6.45, 7) is 15.6. The molecule has 1 aliphatic heterocycles. The van der Waals surface area contributed by atoms with E-state index in [-0.39, 0.29) is 17.2 Å². The molecule has 0 bridgehead atoms. The third kappa shape index (κ3) is 6.64. The van der Waals surface area contributed by atoms with Crippen LogP contribution < -0.4 is 0 Å². The van der Waals surface area contributed by atoms with Crippen LogP contribution in [-0.2, 0) is 9.22 Å². The molecule has 6 nitrogen and oxygen atoms in total. The van der Waals surface area contributed by atoms with Gasteiger partial charge in [-0.3, -0.25) is 0 Å². The molecule has 0 saturated carbocycles. The van der Waals surface area contributed by atoms with Gasteiger partial charge in [-0.1, -0.05) is 26.8 Å². The van der Waals surface area contributed by atoms with E-state index in [1.807, 2.05) is 6.08 Å². The van der Waals surface area contributed by atoms with Crippen molar-refractivity contribution in [3.05, 3.63) is 12.7 Å². The molecule has 2 atom stereocenters. The summed E-state index contributed by atoms with van der Waals surface area (Å²) in [6, 6.07) is -1.02. The molecular weight excluding hydrogens is 360 g/mol. The Kier molecular flexibility index (Phi) is 8.54. The Balaban J connectivity index is 2.73. The summed E-state index contributed by atoms with van der Waals surface area (Å²) in [4.78, 5) is 27.7. The molecular formula is C20H38N2O4Si. The Bertz CT molecular complexity index is 531. The van der Waals surface area contributed by atoms with E-state index in [2.05, 4.69) is 40.4 Å². The highest BCUT2D eigenvalue weighted by Crippen LogP contribution is 2.39. The molecule has 7 heteroatoms. The van der Waals surface area contributed by atoms with Crippen LogP contribution >= 0.6 is 0 Å². The summed E-state index contributed by atoms with van der Waals surface area (Å²) in [5.74, 6) is -0.952. The monoisotopic (exact) mass is 398 g/mol. The number of amides is 2. The number of nitrogens with zero attached hydrogens (tertiary/aromatic N) is 2. The van der Waals surface area contributed by atoms with Crippen LogP contribution in [0.25, 0.3) is 0 Å². The van der Waals surface area contributed by atoms with Crippen molar-refractivity contribution in [2.45, 2.75) is 83.2 Å². The van der Waals surface area contributed by atoms with Crippen LogP contribution in [0.5, 0.6) is 0 Å². The van der Waals surface area contributed by atoms with Crippen LogP contribution in [0.15, 0.2) is 12.7 Å². The smallest absolute Gasteiger partial charge is 0.326 e. The molecule has 0 aliphatic carbocycles. The summed E-state index contributed by atoms with van der Waals surface area (Å²) in [7, 11) is -0.225. The molecule has 0 unspecified atom stereocenters. The number of hydrogen-bond donors (Lipinski definition) is 1. The molecule has 0 aromatic heterocycles. The molecule has 1 aliphatic rings. The van der Waals surface area contributed by atoms with Gasteiger partial charge in [-0.2, -0.15) is 0 Å². The maximum atomic E-state index is 12.8. The zero-order valence-electron chi connectivity index (χ0n) is 18.0. The van der Waals surface area contributed by atoms with Crippen molar-refractivity contribution >= 4 is 20.3 Å². The van der Waals surface area contributed by atoms with Crippen molar-refractivity contribution in [2.24, 2.45) is 0 Å². The second kappa shape index (κ2) is 9.73. The lowest BCUT2D eigenvalue weighted by molar-refractivity contribution is -0.145. The van der Waals surface area contributed by atoms with E-state index >= 15 is 0 Å². The lowest BCUT2D eigenvalue weighted by atomic mass is 10.00. The predicted octanol–water partition coefficient (Wildman–Crippen LogP) is 4.33. The number of piperidine rings is 1. The van der Waals surface area contributed by atoms with Gasteiger partial charge in [-0.15, -0.1) is 6.58 Å². The average Bonchev–Trinajstić information content (AvgIpc) is 2.56. The van der Waals surface area contributed by atoms with Gasteiger partial charge in [-0.25, -0.2) is 9.59 Å². The van der Waals surface area contributed by atoms with Crippen molar-refractivity contribution in [1.29, 1.82) is 0 Å². The van der Waals surface area contributed by atoms with E-state index in [0.717, 1.165) is 19.3 Å². The number of aliphatic carboxylic acids is 1. The van der Waals surface area contributed by atoms with Gasteiger partial charge in [0.15, 0.2) is 8.32 Å². The minimum absolute atomic E-state index is 0.0737. The molecule has 2 amide bonds. The SMILES string of the molecule is C=CCCCCN(C)C(=O)N1CC[C@@H](O[Si](C)(C)C(C)(C)C)C[C@H]1C(=O)O. The third-order valence-corrected chi connectivity index (χ3v) is 10.4. The Morgan fingerprint density at radius 1 is 1.33 bits per heavy atom. The third-order valence-electron chi connectivity index (χ3n) is 5.83. The van der Waals surface area contributed by atoms with Gasteiger partial charge in [0.2, 0.25) is 0 Å². The highest BCUT2D eigenvalue weighted by atomic mass is 28.4. The van der Waals surface area contributed by atoms with E-state index in [4.69, 9.17) is 4.43 Å². The van der Waals surface area contributed by atoms with E-state index < -0.39 is 20.3 Å². The Hall–Kier alpha value is -1.34. The van der Waals surface area contributed by atoms with Gasteiger partial charge in [0, 0.05) is 32.7 Å². The molecule has 1 saturated heterocycles. The zero-order chi connectivity index (χ0) is 20.8. The van der Waals surface area contributed by atoms with Crippen molar-refractivity contribution in [2.75, 3.05) is 20.1 Å². The van der Waals surface area contributed by atoms with Crippen LogP contribution in [0.1, 0.15) is 52.9 Å². The van der Waals surface area contributed by atoms with Crippen molar-refractivity contribution in [1.82, 2.24) is 9.80 Å². The fourth-order valence-corrected chi connectivity index (χ4v) is 4.45. The number of carboxylic acids is 1. The Morgan fingerprint density at radius 2 is 1.96 bits per heavy atom. The number of rotatable bonds is 8. The van der Waals surface area contributed by atoms with Gasteiger partial charge >= 0.3 is 12.0 Å². The number of hydrogen-bond acceptors (Lipinski definition) is 3. The predicted molar refractivity (Wildman–Crippen MR) is 112 cm³/mol. The lowest BCUT2D eigenvalue weighted by Gasteiger charge is -2.44. The minimum atomic E-state index is -1.97. The molecule has 0 aromatic rings. The zero-order valence-corrected chi connectivity index (χ0v) is 19.0. The number of likely N-dealkylation sites (tertiary alicyclic amines) is 1. The number of carbonyl (C=O) groups excluding carboxylic acids is 1. The van der Waals surface area contributed by atoms with Gasteiger partial charge in [0.25, 0.3) is 0 Å². The average molecular weight is 399 g/mol. The first-order valence-corrected chi connectivity index (χ1v) is 12.8. The van der Waals surface area contributed by atoms with Crippen molar-refractivity contribution in [3.8, 4) is 0 Å². The lowest BCUT2D eigenvalue weighted by Crippen LogP contribution is -2.56. The maximum Gasteiger partial charge on any atom is 0.326 e. The van der Waals surface area contributed by atoms with Gasteiger partial charge < -0.3 is 19.3 Å². The first-order valence-electron chi connectivity index (χ1n) is 9.94. The maximum absolute atomic E-state index is 12.8. The summed E-state index contributed by atoms with van der Waals surface area (Å²) >= 11 is 0. The Labute approximate surface area is 165 Å². The van der Waals surface area contributed by atoms with Crippen LogP contribution in [0.3, 0.4) is 0 Å². The summed E-state index contributed by atoms with van der Waals surface area (Å²) < 4.78 is 6.42. The van der Waals surface area contributed by atoms with Crippen molar-refractivity contribution < 1.29 is 19.1 Å². The van der Waals surface area contributed by atoms with E-state index in [9.17, 15) is 14.7 Å². The van der Waals surface area contributed by atoms with Gasteiger partial charge in [-0.05, 0) is 43.8 Å². The standard InChI is InChI=1S/C20H38N2O4Si/c1-8-9-10-11-13-21(5)19(25)22-14-12-16(15-17(22)18(23)24)26-27(6,7)20(2,3)4/h8,16-17H,1,9-15H2,2-7H3,(H,23,24)/t16-,17+/m1/s1. The largest absolute Gasteiger partial charge is 0.480 e. The number of urea groups is 1. The molecule has 0 spiro atoms. The van der Waals surface area contributed by atoms with Crippen molar-refractivity contribution in [3.63, 3.8) is 0 Å². The highest BCUT2D eigenvalue weighted by molar-refractivity contribution is 6.74. The molecule has 1 fully saturated rings. The number of carbonyl (C=O) groups is 2. The molecule has 1 rings (SSSR count). The molecule has 1 N–H and O–H groups in total. The van der Waals surface area contributed by atoms with Crippen LogP contribution in [0.2, 0.25) is 18.1 Å². The topological polar surface area (TPSA) is 70.1 Å². The summed E-state index contributed by atoms with van der Waals surface area (Å²) in [5.41, 5.74) is 0. The van der Waals surface area contributed by atoms with Crippen LogP contribution in [0.4, 0.5) is 4.79 Å². The molecule has 156 valence electrons. The first kappa shape index (κ1) is 23.7. The number of unbranched alkanes of at least 4 members (excludes halogenated alkanes) is 2. The molecule has 0 radical (unpaired) electrons. The summed E-state index contributed by atoms with van der Waals surface area (Å²) in [6.07, 6.45) is 5.60. The molecule has 0 aromatic carbocycles. The molecule has 1 heterocycles. The second-order valence-electron chi connectivity index (χ2n) is 9.06. The van der Waals surface area contributed by atoms with Crippen LogP contribution in [0, 0.1) is 0 Å². The molecule has 27 heavy (non-hydrogen) atoms. The minimum Gasteiger partial charge on any atom is -0.480 e. The fourth-order valence-electron chi connectivity index (χ4n) is 3.05. The number of carboxylic acid groups (broad SMARTS) is 1. The van der Waals surface area contributed by atoms with Gasteiger partial charge in [0.05, 0.1) is 0 Å². The first-order chi connectivity index (χ1) is 12.4. The van der Waals surface area contributed by atoms with Gasteiger partial charge in [0.1, 0.15) is 6.04 Å². The highest BCUT2D eigenvalue weighted by Gasteiger charge is 2.43. The van der Waals surface area contributed by atoms with Crippen LogP contribution in [-0.4, -0.2) is 67.5 Å². The number of allylic oxidation sites excluding steroid dienone is 1. The van der Waals surface area contributed by atoms with E-state index in [1.165, 1.54) is 4.90 Å². The normalized spacial score (nSPS) is 21.0. The van der Waals surface area contributed by atoms with E-state index in [1.54, 1.807) is 11.9 Å².